The summed E-state index contributed by atoms with van der Waals surface area (Å²) in [5, 5.41) is -0.397. The molecule has 0 fully saturated rings. The molecule has 1 aromatic rings. The Morgan fingerprint density at radius 2 is 2.07 bits per heavy atom. The van der Waals surface area contributed by atoms with Gasteiger partial charge < -0.3 is 10.5 Å². The summed E-state index contributed by atoms with van der Waals surface area (Å²) >= 11 is 3.94. The maximum atomic E-state index is 11.9. The molecule has 2 N–H and O–H groups in total. The highest BCUT2D eigenvalue weighted by Gasteiger charge is 2.31. The summed E-state index contributed by atoms with van der Waals surface area (Å²) in [4.78, 5) is 0. The van der Waals surface area contributed by atoms with E-state index in [0.29, 0.717) is 12.0 Å². The standard InChI is InChI=1S/C9H10F3NOS/c10-9(11,12)14-7-3-1-2-6(4-7)5-8(13)15/h1-4,8,15H,5,13H2. The normalized spacial score (nSPS) is 13.7. The molecular formula is C9H10F3NOS. The van der Waals surface area contributed by atoms with Crippen molar-refractivity contribution in [3.05, 3.63) is 29.8 Å². The van der Waals surface area contributed by atoms with Crippen LogP contribution in [0.4, 0.5) is 13.2 Å². The summed E-state index contributed by atoms with van der Waals surface area (Å²) in [5.41, 5.74) is 6.05. The van der Waals surface area contributed by atoms with Crippen molar-refractivity contribution in [1.29, 1.82) is 0 Å². The second kappa shape index (κ2) is 4.76. The van der Waals surface area contributed by atoms with E-state index in [9.17, 15) is 13.2 Å². The average Bonchev–Trinajstić information content (AvgIpc) is 1.99. The van der Waals surface area contributed by atoms with Gasteiger partial charge in [-0.05, 0) is 24.1 Å². The lowest BCUT2D eigenvalue weighted by molar-refractivity contribution is -0.274. The van der Waals surface area contributed by atoms with Crippen LogP contribution in [0.5, 0.6) is 5.75 Å². The number of benzene rings is 1. The second-order valence-electron chi connectivity index (χ2n) is 2.97. The molecule has 1 unspecified atom stereocenters. The minimum Gasteiger partial charge on any atom is -0.406 e. The lowest BCUT2D eigenvalue weighted by Gasteiger charge is -2.10. The molecule has 1 aromatic carbocycles. The van der Waals surface area contributed by atoms with Gasteiger partial charge in [0, 0.05) is 0 Å². The van der Waals surface area contributed by atoms with Crippen molar-refractivity contribution in [2.45, 2.75) is 18.2 Å². The molecule has 0 spiro atoms. The lowest BCUT2D eigenvalue weighted by Crippen LogP contribution is -2.18. The molecule has 0 saturated heterocycles. The van der Waals surface area contributed by atoms with E-state index in [0.717, 1.165) is 0 Å². The van der Waals surface area contributed by atoms with Crippen molar-refractivity contribution in [3.8, 4) is 5.75 Å². The van der Waals surface area contributed by atoms with Crippen LogP contribution in [0.1, 0.15) is 5.56 Å². The molecule has 0 aliphatic carbocycles. The van der Waals surface area contributed by atoms with E-state index in [1.807, 2.05) is 0 Å². The van der Waals surface area contributed by atoms with Crippen molar-refractivity contribution < 1.29 is 17.9 Å². The monoisotopic (exact) mass is 237 g/mol. The summed E-state index contributed by atoms with van der Waals surface area (Å²) in [7, 11) is 0. The molecule has 0 aliphatic heterocycles. The van der Waals surface area contributed by atoms with Crippen molar-refractivity contribution in [2.24, 2.45) is 5.73 Å². The Labute approximate surface area is 90.6 Å². The zero-order chi connectivity index (χ0) is 11.5. The zero-order valence-electron chi connectivity index (χ0n) is 7.66. The predicted molar refractivity (Wildman–Crippen MR) is 53.8 cm³/mol. The number of ether oxygens (including phenoxy) is 1. The first kappa shape index (κ1) is 12.2. The van der Waals surface area contributed by atoms with Crippen LogP contribution in [0.2, 0.25) is 0 Å². The smallest absolute Gasteiger partial charge is 0.406 e. The number of nitrogens with two attached hydrogens (primary N) is 1. The molecule has 1 atom stereocenters. The van der Waals surface area contributed by atoms with Crippen LogP contribution in [0.15, 0.2) is 24.3 Å². The van der Waals surface area contributed by atoms with E-state index in [1.54, 1.807) is 6.07 Å². The number of hydrogen-bond acceptors (Lipinski definition) is 3. The molecule has 1 rings (SSSR count). The van der Waals surface area contributed by atoms with Gasteiger partial charge >= 0.3 is 6.36 Å². The van der Waals surface area contributed by atoms with Crippen molar-refractivity contribution in [2.75, 3.05) is 0 Å². The van der Waals surface area contributed by atoms with E-state index in [4.69, 9.17) is 5.73 Å². The van der Waals surface area contributed by atoms with Gasteiger partial charge in [0.25, 0.3) is 0 Å². The van der Waals surface area contributed by atoms with Crippen LogP contribution in [0, 0.1) is 0 Å². The van der Waals surface area contributed by atoms with Crippen molar-refractivity contribution in [1.82, 2.24) is 0 Å². The molecule has 0 heterocycles. The van der Waals surface area contributed by atoms with Gasteiger partial charge in [0.2, 0.25) is 0 Å². The highest BCUT2D eigenvalue weighted by atomic mass is 32.1. The van der Waals surface area contributed by atoms with E-state index in [-0.39, 0.29) is 5.75 Å². The highest BCUT2D eigenvalue weighted by molar-refractivity contribution is 7.80. The molecule has 0 aliphatic rings. The van der Waals surface area contributed by atoms with Crippen molar-refractivity contribution >= 4 is 12.6 Å². The molecule has 0 amide bonds. The Morgan fingerprint density at radius 1 is 1.40 bits per heavy atom. The number of alkyl halides is 3. The van der Waals surface area contributed by atoms with E-state index >= 15 is 0 Å². The van der Waals surface area contributed by atoms with Gasteiger partial charge in [0.15, 0.2) is 0 Å². The fourth-order valence-corrected chi connectivity index (χ4v) is 1.32. The Hall–Kier alpha value is -0.880. The van der Waals surface area contributed by atoms with Gasteiger partial charge in [-0.3, -0.25) is 0 Å². The largest absolute Gasteiger partial charge is 0.573 e. The Morgan fingerprint density at radius 3 is 2.60 bits per heavy atom. The van der Waals surface area contributed by atoms with Gasteiger partial charge in [-0.1, -0.05) is 12.1 Å². The van der Waals surface area contributed by atoms with Gasteiger partial charge in [-0.2, -0.15) is 12.6 Å². The van der Waals surface area contributed by atoms with Crippen LogP contribution in [-0.2, 0) is 6.42 Å². The summed E-state index contributed by atoms with van der Waals surface area (Å²) in [6.45, 7) is 0. The third kappa shape index (κ3) is 4.94. The molecule has 0 bridgehead atoms. The second-order valence-corrected chi connectivity index (χ2v) is 3.63. The molecular weight excluding hydrogens is 227 g/mol. The first-order chi connectivity index (χ1) is 6.87. The van der Waals surface area contributed by atoms with Gasteiger partial charge in [-0.25, -0.2) is 0 Å². The Kier molecular flexibility index (Phi) is 3.87. The lowest BCUT2D eigenvalue weighted by atomic mass is 10.1. The third-order valence-electron chi connectivity index (χ3n) is 1.58. The number of rotatable bonds is 3. The van der Waals surface area contributed by atoms with Crippen molar-refractivity contribution in [3.63, 3.8) is 0 Å². The Balaban J connectivity index is 2.74. The highest BCUT2D eigenvalue weighted by Crippen LogP contribution is 2.23. The molecule has 84 valence electrons. The van der Waals surface area contributed by atoms with E-state index in [1.165, 1.54) is 18.2 Å². The minimum atomic E-state index is -4.66. The molecule has 0 aromatic heterocycles. The maximum Gasteiger partial charge on any atom is 0.573 e. The molecule has 0 radical (unpaired) electrons. The minimum absolute atomic E-state index is 0.242. The fourth-order valence-electron chi connectivity index (χ4n) is 1.11. The maximum absolute atomic E-state index is 11.9. The number of halogens is 3. The van der Waals surface area contributed by atoms with Crippen LogP contribution < -0.4 is 10.5 Å². The van der Waals surface area contributed by atoms with Gasteiger partial charge in [-0.15, -0.1) is 13.2 Å². The first-order valence-corrected chi connectivity index (χ1v) is 4.67. The molecule has 2 nitrogen and oxygen atoms in total. The van der Waals surface area contributed by atoms with Crippen LogP contribution in [0.3, 0.4) is 0 Å². The van der Waals surface area contributed by atoms with E-state index in [2.05, 4.69) is 17.4 Å². The zero-order valence-corrected chi connectivity index (χ0v) is 8.55. The summed E-state index contributed by atoms with van der Waals surface area (Å²) < 4.78 is 39.4. The summed E-state index contributed by atoms with van der Waals surface area (Å²) in [6, 6.07) is 5.68. The molecule has 15 heavy (non-hydrogen) atoms. The number of hydrogen-bond donors (Lipinski definition) is 2. The first-order valence-electron chi connectivity index (χ1n) is 4.15. The third-order valence-corrected chi connectivity index (χ3v) is 1.76. The Bertz CT molecular complexity index is 327. The molecule has 0 saturated carbocycles. The molecule has 6 heteroatoms. The quantitative estimate of drug-likeness (QED) is 0.625. The predicted octanol–water partition coefficient (Wildman–Crippen LogP) is 2.34. The average molecular weight is 237 g/mol. The van der Waals surface area contributed by atoms with Gasteiger partial charge in [0.1, 0.15) is 5.75 Å². The van der Waals surface area contributed by atoms with Crippen LogP contribution in [0.25, 0.3) is 0 Å². The van der Waals surface area contributed by atoms with Crippen LogP contribution in [-0.4, -0.2) is 11.7 Å². The van der Waals surface area contributed by atoms with E-state index < -0.39 is 11.7 Å². The fraction of sp³-hybridized carbons (Fsp3) is 0.333. The van der Waals surface area contributed by atoms with Gasteiger partial charge in [0.05, 0.1) is 5.37 Å². The number of thiol groups is 1. The summed E-state index contributed by atoms with van der Waals surface area (Å²) in [5.74, 6) is -0.242. The SMILES string of the molecule is NC(S)Cc1cccc(OC(F)(F)F)c1. The topological polar surface area (TPSA) is 35.2 Å². The van der Waals surface area contributed by atoms with Crippen LogP contribution >= 0.6 is 12.6 Å². The summed E-state index contributed by atoms with van der Waals surface area (Å²) in [6.07, 6.45) is -4.28.